The molecule has 1 atom stereocenters. The van der Waals surface area contributed by atoms with Gasteiger partial charge in [-0.15, -0.1) is 0 Å². The number of unbranched alkanes of at least 4 members (excludes halogenated alkanes) is 2. The topological polar surface area (TPSA) is 91.7 Å². The lowest BCUT2D eigenvalue weighted by molar-refractivity contribution is -0.143. The smallest absolute Gasteiger partial charge is 0.314 e. The van der Waals surface area contributed by atoms with Gasteiger partial charge in [-0.05, 0) is 12.8 Å². The Bertz CT molecular complexity index is 314. The predicted molar refractivity (Wildman–Crippen MR) is 70.8 cm³/mol. The molecule has 0 aliphatic carbocycles. The molecule has 106 valence electrons. The van der Waals surface area contributed by atoms with Gasteiger partial charge < -0.3 is 14.8 Å². The molecule has 0 saturated heterocycles. The lowest BCUT2D eigenvalue weighted by Gasteiger charge is -2.23. The fraction of sp³-hybridized carbons (Fsp3) is 0.833. The highest BCUT2D eigenvalue weighted by molar-refractivity contribution is 7.65. The normalized spacial score (nSPS) is 13.2. The summed E-state index contributed by atoms with van der Waals surface area (Å²) in [5.74, 6) is -2.44. The summed E-state index contributed by atoms with van der Waals surface area (Å²) in [5.41, 5.74) is -1.23. The van der Waals surface area contributed by atoms with Gasteiger partial charge in [0.15, 0.2) is 0 Å². The maximum atomic E-state index is 12.8. The summed E-state index contributed by atoms with van der Waals surface area (Å²) in [5, 5.41) is 17.9. The third kappa shape index (κ3) is 5.67. The zero-order valence-corrected chi connectivity index (χ0v) is 12.0. The van der Waals surface area contributed by atoms with Gasteiger partial charge in [0.05, 0.1) is 6.42 Å². The lowest BCUT2D eigenvalue weighted by Crippen LogP contribution is -2.26. The molecular weight excluding hydrogens is 255 g/mol. The summed E-state index contributed by atoms with van der Waals surface area (Å²) in [7, 11) is -2.95. The summed E-state index contributed by atoms with van der Waals surface area (Å²) in [6.45, 7) is 3.88. The molecular formula is C12H23O5P. The quantitative estimate of drug-likeness (QED) is 0.599. The number of carboxylic acids is 2. The van der Waals surface area contributed by atoms with Crippen molar-refractivity contribution in [3.05, 3.63) is 0 Å². The monoisotopic (exact) mass is 278 g/mol. The van der Waals surface area contributed by atoms with Gasteiger partial charge in [-0.2, -0.15) is 0 Å². The number of aliphatic carboxylic acids is 2. The molecule has 0 aromatic rings. The number of hydrogen-bond donors (Lipinski definition) is 2. The minimum atomic E-state index is -2.95. The van der Waals surface area contributed by atoms with Crippen LogP contribution in [0.2, 0.25) is 0 Å². The van der Waals surface area contributed by atoms with Crippen LogP contribution in [0.5, 0.6) is 0 Å². The average Bonchev–Trinajstić information content (AvgIpc) is 2.30. The van der Waals surface area contributed by atoms with E-state index in [1.54, 1.807) is 0 Å². The molecule has 0 radical (unpaired) electrons. The van der Waals surface area contributed by atoms with E-state index in [1.807, 2.05) is 13.8 Å². The molecule has 0 aromatic carbocycles. The fourth-order valence-electron chi connectivity index (χ4n) is 1.90. The second-order valence-electron chi connectivity index (χ2n) is 4.56. The first-order chi connectivity index (χ1) is 8.37. The Hall–Kier alpha value is -0.830. The Morgan fingerprint density at radius 3 is 1.78 bits per heavy atom. The molecule has 0 aromatic heterocycles. The predicted octanol–water partition coefficient (Wildman–Crippen LogP) is 2.88. The Balaban J connectivity index is 5.01. The molecule has 0 amide bonds. The van der Waals surface area contributed by atoms with E-state index in [9.17, 15) is 14.2 Å². The van der Waals surface area contributed by atoms with Gasteiger partial charge >= 0.3 is 11.9 Å². The van der Waals surface area contributed by atoms with Crippen molar-refractivity contribution >= 4 is 19.1 Å². The molecule has 0 saturated carbocycles. The first-order valence-electron chi connectivity index (χ1n) is 6.39. The molecule has 5 nitrogen and oxygen atoms in total. The maximum absolute atomic E-state index is 12.8. The van der Waals surface area contributed by atoms with E-state index in [0.29, 0.717) is 25.2 Å². The Labute approximate surface area is 108 Å². The van der Waals surface area contributed by atoms with Gasteiger partial charge in [-0.25, -0.2) is 0 Å². The number of hydrogen-bond acceptors (Lipinski definition) is 3. The summed E-state index contributed by atoms with van der Waals surface area (Å²) < 4.78 is 12.8. The largest absolute Gasteiger partial charge is 0.481 e. The first kappa shape index (κ1) is 17.2. The Morgan fingerprint density at radius 2 is 1.50 bits per heavy atom. The van der Waals surface area contributed by atoms with Crippen molar-refractivity contribution in [1.82, 2.24) is 0 Å². The van der Waals surface area contributed by atoms with Crippen LogP contribution in [0, 0.1) is 0 Å². The Kier molecular flexibility index (Phi) is 7.92. The molecule has 0 heterocycles. The first-order valence-corrected chi connectivity index (χ1v) is 8.54. The van der Waals surface area contributed by atoms with Crippen molar-refractivity contribution < 1.29 is 24.4 Å². The van der Waals surface area contributed by atoms with E-state index in [-0.39, 0.29) is 0 Å². The van der Waals surface area contributed by atoms with E-state index < -0.39 is 31.2 Å². The summed E-state index contributed by atoms with van der Waals surface area (Å²) in [6.07, 6.45) is 3.17. The van der Waals surface area contributed by atoms with Gasteiger partial charge in [0.2, 0.25) is 0 Å². The summed E-state index contributed by atoms with van der Waals surface area (Å²) >= 11 is 0. The maximum Gasteiger partial charge on any atom is 0.314 e. The van der Waals surface area contributed by atoms with E-state index in [4.69, 9.17) is 10.2 Å². The van der Waals surface area contributed by atoms with Crippen molar-refractivity contribution in [3.8, 4) is 0 Å². The molecule has 0 rings (SSSR count). The van der Waals surface area contributed by atoms with Gasteiger partial charge in [0.1, 0.15) is 12.8 Å². The number of carbonyl (C=O) groups is 2. The summed E-state index contributed by atoms with van der Waals surface area (Å²) in [4.78, 5) is 21.9. The van der Waals surface area contributed by atoms with Crippen molar-refractivity contribution in [3.63, 3.8) is 0 Å². The highest BCUT2D eigenvalue weighted by atomic mass is 31.2. The van der Waals surface area contributed by atoms with Crippen LogP contribution in [0.3, 0.4) is 0 Å². The molecule has 6 heteroatoms. The number of rotatable bonds is 10. The number of carboxylic acid groups (broad SMARTS) is 2. The average molecular weight is 278 g/mol. The molecule has 0 aliphatic rings. The van der Waals surface area contributed by atoms with E-state index in [1.165, 1.54) is 0 Å². The van der Waals surface area contributed by atoms with Crippen molar-refractivity contribution in [2.45, 2.75) is 51.6 Å². The van der Waals surface area contributed by atoms with Crippen molar-refractivity contribution in [2.75, 3.05) is 12.3 Å². The van der Waals surface area contributed by atoms with Crippen LogP contribution < -0.4 is 0 Å². The third-order valence-electron chi connectivity index (χ3n) is 3.00. The molecule has 0 spiro atoms. The molecule has 0 bridgehead atoms. The van der Waals surface area contributed by atoms with Gasteiger partial charge in [-0.1, -0.05) is 26.7 Å². The van der Waals surface area contributed by atoms with Gasteiger partial charge in [-0.3, -0.25) is 9.59 Å². The van der Waals surface area contributed by atoms with Crippen molar-refractivity contribution in [2.24, 2.45) is 0 Å². The second-order valence-corrected chi connectivity index (χ2v) is 7.98. The van der Waals surface area contributed by atoms with E-state index in [0.717, 1.165) is 12.8 Å². The third-order valence-corrected chi connectivity index (χ3v) is 6.69. The van der Waals surface area contributed by atoms with Crippen LogP contribution >= 0.6 is 7.14 Å². The molecule has 0 fully saturated rings. The van der Waals surface area contributed by atoms with Gasteiger partial charge in [0.25, 0.3) is 0 Å². The molecule has 0 aliphatic heterocycles. The van der Waals surface area contributed by atoms with Crippen LogP contribution in [0.1, 0.15) is 46.0 Å². The minimum absolute atomic E-state index is 0.341. The van der Waals surface area contributed by atoms with Crippen LogP contribution in [-0.2, 0) is 14.2 Å². The molecule has 2 N–H and O–H groups in total. The molecule has 1 unspecified atom stereocenters. The lowest BCUT2D eigenvalue weighted by atomic mass is 10.3. The SMILES string of the molecule is CCCCP(=O)(CCCC)C(CC(=O)O)C(=O)O. The fourth-order valence-corrected chi connectivity index (χ4v) is 5.34. The minimum Gasteiger partial charge on any atom is -0.481 e. The van der Waals surface area contributed by atoms with Gasteiger partial charge in [0, 0.05) is 12.3 Å². The van der Waals surface area contributed by atoms with Crippen LogP contribution in [-0.4, -0.2) is 40.1 Å². The van der Waals surface area contributed by atoms with Crippen LogP contribution in [0.4, 0.5) is 0 Å². The van der Waals surface area contributed by atoms with Crippen molar-refractivity contribution in [1.29, 1.82) is 0 Å². The Morgan fingerprint density at radius 1 is 1.06 bits per heavy atom. The van der Waals surface area contributed by atoms with E-state index >= 15 is 0 Å². The zero-order chi connectivity index (χ0) is 14.2. The zero-order valence-electron chi connectivity index (χ0n) is 11.1. The van der Waals surface area contributed by atoms with Crippen LogP contribution in [0.25, 0.3) is 0 Å². The molecule has 18 heavy (non-hydrogen) atoms. The highest BCUT2D eigenvalue weighted by Gasteiger charge is 2.38. The second kappa shape index (κ2) is 8.30. The summed E-state index contributed by atoms with van der Waals surface area (Å²) in [6, 6.07) is 0. The van der Waals surface area contributed by atoms with E-state index in [2.05, 4.69) is 0 Å². The highest BCUT2D eigenvalue weighted by Crippen LogP contribution is 2.53. The standard InChI is InChI=1S/C12H23O5P/c1-3-5-7-18(17,8-6-4-2)10(12(15)16)9-11(13)14/h10H,3-9H2,1-2H3,(H,13,14)(H,15,16). The van der Waals surface area contributed by atoms with Crippen LogP contribution in [0.15, 0.2) is 0 Å².